The second-order valence-electron chi connectivity index (χ2n) is 8.46. The standard InChI is InChI=1S/C25H27N5O3/c1-17(18-5-3-2-4-6-18)25(32)30-15-21-22(16-30)27-28-23(21)26-24(31)19-7-9-20(10-8-19)29-11-13-33-14-12-29/h2-10,17H,11-16H2,1H3,(H2,26,27,28,31)/t17-/m1/s1. The number of fused-ring (bicyclic) bond motifs is 1. The molecule has 5 rings (SSSR count). The molecule has 3 aromatic rings. The molecule has 2 aromatic carbocycles. The molecule has 33 heavy (non-hydrogen) atoms. The molecule has 3 heterocycles. The molecule has 2 aliphatic rings. The number of morpholine rings is 1. The van der Waals surface area contributed by atoms with E-state index < -0.39 is 0 Å². The third kappa shape index (κ3) is 4.34. The van der Waals surface area contributed by atoms with E-state index in [0.717, 1.165) is 48.8 Å². The highest BCUT2D eigenvalue weighted by Gasteiger charge is 2.31. The van der Waals surface area contributed by atoms with Crippen molar-refractivity contribution < 1.29 is 14.3 Å². The number of anilines is 2. The lowest BCUT2D eigenvalue weighted by Gasteiger charge is -2.28. The summed E-state index contributed by atoms with van der Waals surface area (Å²) in [6.45, 7) is 5.94. The second-order valence-corrected chi connectivity index (χ2v) is 8.46. The first-order valence-corrected chi connectivity index (χ1v) is 11.2. The molecule has 2 N–H and O–H groups in total. The van der Waals surface area contributed by atoms with Gasteiger partial charge in [0.1, 0.15) is 0 Å². The van der Waals surface area contributed by atoms with Crippen LogP contribution in [0.4, 0.5) is 11.5 Å². The Morgan fingerprint density at radius 2 is 1.76 bits per heavy atom. The molecule has 8 heteroatoms. The third-order valence-electron chi connectivity index (χ3n) is 6.37. The third-order valence-corrected chi connectivity index (χ3v) is 6.37. The molecular formula is C25H27N5O3. The second kappa shape index (κ2) is 9.07. The van der Waals surface area contributed by atoms with E-state index in [1.165, 1.54) is 0 Å². The number of aromatic amines is 1. The molecule has 0 saturated carbocycles. The summed E-state index contributed by atoms with van der Waals surface area (Å²) in [5.41, 5.74) is 4.36. The minimum absolute atomic E-state index is 0.0572. The number of H-pyrrole nitrogens is 1. The molecule has 0 aliphatic carbocycles. The average molecular weight is 446 g/mol. The van der Waals surface area contributed by atoms with Gasteiger partial charge in [0.2, 0.25) is 5.91 Å². The number of amides is 2. The van der Waals surface area contributed by atoms with Gasteiger partial charge in [-0.05, 0) is 36.8 Å². The van der Waals surface area contributed by atoms with Gasteiger partial charge in [0.25, 0.3) is 5.91 Å². The molecule has 2 aliphatic heterocycles. The fraction of sp³-hybridized carbons (Fsp3) is 0.320. The van der Waals surface area contributed by atoms with Crippen LogP contribution in [0.2, 0.25) is 0 Å². The van der Waals surface area contributed by atoms with Crippen molar-refractivity contribution in [1.29, 1.82) is 0 Å². The molecule has 8 nitrogen and oxygen atoms in total. The molecule has 0 radical (unpaired) electrons. The van der Waals surface area contributed by atoms with Gasteiger partial charge < -0.3 is 19.9 Å². The normalized spacial score (nSPS) is 16.4. The molecule has 0 unspecified atom stereocenters. The summed E-state index contributed by atoms with van der Waals surface area (Å²) in [5, 5.41) is 10.2. The van der Waals surface area contributed by atoms with E-state index in [1.54, 1.807) is 4.90 Å². The first-order valence-electron chi connectivity index (χ1n) is 11.2. The van der Waals surface area contributed by atoms with Gasteiger partial charge in [0.15, 0.2) is 5.82 Å². The maximum Gasteiger partial charge on any atom is 0.256 e. The monoisotopic (exact) mass is 445 g/mol. The van der Waals surface area contributed by atoms with Crippen molar-refractivity contribution in [3.63, 3.8) is 0 Å². The van der Waals surface area contributed by atoms with E-state index in [2.05, 4.69) is 20.4 Å². The van der Waals surface area contributed by atoms with Crippen molar-refractivity contribution in [2.45, 2.75) is 25.9 Å². The SMILES string of the molecule is C[C@@H](C(=O)N1Cc2[nH]nc(NC(=O)c3ccc(N4CCOCC4)cc3)c2C1)c1ccccc1. The lowest BCUT2D eigenvalue weighted by atomic mass is 10.00. The molecular weight excluding hydrogens is 418 g/mol. The highest BCUT2D eigenvalue weighted by atomic mass is 16.5. The smallest absolute Gasteiger partial charge is 0.256 e. The number of hydrogen-bond acceptors (Lipinski definition) is 5. The first-order chi connectivity index (χ1) is 16.1. The molecule has 0 bridgehead atoms. The van der Waals surface area contributed by atoms with Crippen molar-refractivity contribution in [1.82, 2.24) is 15.1 Å². The fourth-order valence-electron chi connectivity index (χ4n) is 4.38. The molecule has 1 aromatic heterocycles. The summed E-state index contributed by atoms with van der Waals surface area (Å²) in [4.78, 5) is 29.9. The van der Waals surface area contributed by atoms with Crippen molar-refractivity contribution in [3.05, 3.63) is 77.0 Å². The Bertz CT molecular complexity index is 1140. The maximum absolute atomic E-state index is 13.0. The Balaban J connectivity index is 1.23. The minimum atomic E-state index is -0.230. The number of carbonyl (C=O) groups is 2. The molecule has 0 spiro atoms. The quantitative estimate of drug-likeness (QED) is 0.630. The van der Waals surface area contributed by atoms with Gasteiger partial charge in [0.05, 0.1) is 37.9 Å². The lowest BCUT2D eigenvalue weighted by molar-refractivity contribution is -0.133. The van der Waals surface area contributed by atoms with Crippen molar-refractivity contribution in [3.8, 4) is 0 Å². The van der Waals surface area contributed by atoms with Gasteiger partial charge in [-0.3, -0.25) is 14.7 Å². The van der Waals surface area contributed by atoms with Crippen LogP contribution in [0.15, 0.2) is 54.6 Å². The molecule has 2 amide bonds. The summed E-state index contributed by atoms with van der Waals surface area (Å²) in [7, 11) is 0. The first kappa shape index (κ1) is 21.2. The largest absolute Gasteiger partial charge is 0.378 e. The van der Waals surface area contributed by atoms with Crippen LogP contribution in [0.25, 0.3) is 0 Å². The Morgan fingerprint density at radius 3 is 2.48 bits per heavy atom. The van der Waals surface area contributed by atoms with Crippen molar-refractivity contribution in [2.24, 2.45) is 0 Å². The van der Waals surface area contributed by atoms with Gasteiger partial charge in [0, 0.05) is 29.9 Å². The van der Waals surface area contributed by atoms with Gasteiger partial charge in [-0.1, -0.05) is 30.3 Å². The zero-order valence-corrected chi connectivity index (χ0v) is 18.6. The van der Waals surface area contributed by atoms with E-state index in [-0.39, 0.29) is 17.7 Å². The Hall–Kier alpha value is -3.65. The van der Waals surface area contributed by atoms with Crippen LogP contribution >= 0.6 is 0 Å². The summed E-state index contributed by atoms with van der Waals surface area (Å²) in [5.74, 6) is 0.0862. The van der Waals surface area contributed by atoms with Crippen LogP contribution in [0, 0.1) is 0 Å². The predicted molar refractivity (Wildman–Crippen MR) is 125 cm³/mol. The maximum atomic E-state index is 13.0. The highest BCUT2D eigenvalue weighted by Crippen LogP contribution is 2.30. The zero-order valence-electron chi connectivity index (χ0n) is 18.6. The van der Waals surface area contributed by atoms with E-state index in [4.69, 9.17) is 4.74 Å². The van der Waals surface area contributed by atoms with Gasteiger partial charge in [-0.2, -0.15) is 5.10 Å². The summed E-state index contributed by atoms with van der Waals surface area (Å²) in [6.07, 6.45) is 0. The van der Waals surface area contributed by atoms with Gasteiger partial charge >= 0.3 is 0 Å². The number of nitrogens with zero attached hydrogens (tertiary/aromatic N) is 3. The number of carbonyl (C=O) groups excluding carboxylic acids is 2. The Labute approximate surface area is 192 Å². The number of benzene rings is 2. The Kier molecular flexibility index (Phi) is 5.83. The van der Waals surface area contributed by atoms with Crippen LogP contribution in [-0.4, -0.2) is 53.2 Å². The predicted octanol–water partition coefficient (Wildman–Crippen LogP) is 3.14. The van der Waals surface area contributed by atoms with E-state index in [0.29, 0.717) is 24.5 Å². The summed E-state index contributed by atoms with van der Waals surface area (Å²) >= 11 is 0. The van der Waals surface area contributed by atoms with Crippen LogP contribution in [0.5, 0.6) is 0 Å². The lowest BCUT2D eigenvalue weighted by Crippen LogP contribution is -2.36. The van der Waals surface area contributed by atoms with Crippen LogP contribution in [0.1, 0.15) is 40.0 Å². The molecule has 170 valence electrons. The minimum Gasteiger partial charge on any atom is -0.378 e. The Morgan fingerprint density at radius 1 is 1.03 bits per heavy atom. The topological polar surface area (TPSA) is 90.6 Å². The number of aromatic nitrogens is 2. The molecule has 1 atom stereocenters. The summed E-state index contributed by atoms with van der Waals surface area (Å²) in [6, 6.07) is 17.3. The number of nitrogens with one attached hydrogen (secondary N) is 2. The molecule has 1 fully saturated rings. The van der Waals surface area contributed by atoms with Crippen LogP contribution < -0.4 is 10.2 Å². The fourth-order valence-corrected chi connectivity index (χ4v) is 4.38. The number of rotatable bonds is 5. The van der Waals surface area contributed by atoms with E-state index in [9.17, 15) is 9.59 Å². The van der Waals surface area contributed by atoms with Crippen molar-refractivity contribution in [2.75, 3.05) is 36.5 Å². The van der Waals surface area contributed by atoms with Crippen LogP contribution in [-0.2, 0) is 22.6 Å². The van der Waals surface area contributed by atoms with Gasteiger partial charge in [-0.25, -0.2) is 0 Å². The van der Waals surface area contributed by atoms with E-state index >= 15 is 0 Å². The van der Waals surface area contributed by atoms with Gasteiger partial charge in [-0.15, -0.1) is 0 Å². The highest BCUT2D eigenvalue weighted by molar-refractivity contribution is 6.04. The zero-order chi connectivity index (χ0) is 22.8. The molecule has 1 saturated heterocycles. The number of ether oxygens (including phenoxy) is 1. The number of hydrogen-bond donors (Lipinski definition) is 2. The van der Waals surface area contributed by atoms with E-state index in [1.807, 2.05) is 61.5 Å². The van der Waals surface area contributed by atoms with Crippen molar-refractivity contribution >= 4 is 23.3 Å². The average Bonchev–Trinajstić information content (AvgIpc) is 3.46. The van der Waals surface area contributed by atoms with Crippen LogP contribution in [0.3, 0.4) is 0 Å². The summed E-state index contributed by atoms with van der Waals surface area (Å²) < 4.78 is 5.40.